The number of rotatable bonds is 2. The maximum atomic E-state index is 5.45. The smallest absolute Gasteiger partial charge is 0.244 e. The summed E-state index contributed by atoms with van der Waals surface area (Å²) >= 11 is 0. The molecule has 4 rings (SSSR count). The molecule has 1 aliphatic heterocycles. The van der Waals surface area contributed by atoms with Crippen molar-refractivity contribution in [2.45, 2.75) is 19.0 Å². The number of aromatic nitrogens is 2. The minimum Gasteiger partial charge on any atom is -0.337 e. The molecule has 3 aromatic rings. The first kappa shape index (κ1) is 12.3. The van der Waals surface area contributed by atoms with Gasteiger partial charge in [0.1, 0.15) is 0 Å². The molecule has 0 saturated heterocycles. The van der Waals surface area contributed by atoms with Gasteiger partial charge in [0.2, 0.25) is 11.7 Å². The molecular formula is C17H15N3O. The number of fused-ring (bicyclic) bond motifs is 1. The van der Waals surface area contributed by atoms with E-state index in [-0.39, 0.29) is 6.04 Å². The highest BCUT2D eigenvalue weighted by molar-refractivity contribution is 5.53. The minimum atomic E-state index is 0.0878. The number of hydrogen-bond acceptors (Lipinski definition) is 4. The number of hydrogen-bond donors (Lipinski definition) is 1. The Hall–Kier alpha value is -2.46. The van der Waals surface area contributed by atoms with Crippen molar-refractivity contribution < 1.29 is 4.52 Å². The molecule has 1 atom stereocenters. The quantitative estimate of drug-likeness (QED) is 0.782. The predicted molar refractivity (Wildman–Crippen MR) is 79.5 cm³/mol. The topological polar surface area (TPSA) is 51.0 Å². The summed E-state index contributed by atoms with van der Waals surface area (Å²) in [5, 5.41) is 7.55. The average Bonchev–Trinajstić information content (AvgIpc) is 3.05. The summed E-state index contributed by atoms with van der Waals surface area (Å²) in [6.07, 6.45) is 0.882. The Labute approximate surface area is 122 Å². The van der Waals surface area contributed by atoms with Crippen molar-refractivity contribution in [3.63, 3.8) is 0 Å². The van der Waals surface area contributed by atoms with Gasteiger partial charge in [0, 0.05) is 12.1 Å². The molecule has 1 N–H and O–H groups in total. The van der Waals surface area contributed by atoms with Crippen molar-refractivity contribution in [1.29, 1.82) is 0 Å². The summed E-state index contributed by atoms with van der Waals surface area (Å²) in [6, 6.07) is 18.4. The summed E-state index contributed by atoms with van der Waals surface area (Å²) in [5.41, 5.74) is 3.67. The molecule has 0 bridgehead atoms. The van der Waals surface area contributed by atoms with Crippen LogP contribution in [-0.4, -0.2) is 10.1 Å². The van der Waals surface area contributed by atoms with Crippen LogP contribution in [0.1, 0.15) is 23.1 Å². The third kappa shape index (κ3) is 2.34. The SMILES string of the molecule is c1ccc(-c2noc([C@H]3Cc4ccccc4CN3)n2)cc1. The van der Waals surface area contributed by atoms with Crippen molar-refractivity contribution in [3.8, 4) is 11.4 Å². The molecule has 0 fully saturated rings. The third-order valence-electron chi connectivity index (χ3n) is 3.85. The van der Waals surface area contributed by atoms with E-state index in [1.54, 1.807) is 0 Å². The molecule has 0 aliphatic carbocycles. The fourth-order valence-corrected chi connectivity index (χ4v) is 2.71. The molecule has 1 aromatic heterocycles. The van der Waals surface area contributed by atoms with Crippen LogP contribution in [0.25, 0.3) is 11.4 Å². The van der Waals surface area contributed by atoms with Crippen molar-refractivity contribution in [3.05, 3.63) is 71.6 Å². The van der Waals surface area contributed by atoms with Crippen molar-refractivity contribution >= 4 is 0 Å². The molecule has 4 heteroatoms. The summed E-state index contributed by atoms with van der Waals surface area (Å²) in [7, 11) is 0. The highest BCUT2D eigenvalue weighted by Gasteiger charge is 2.24. The first-order valence-electron chi connectivity index (χ1n) is 7.09. The van der Waals surface area contributed by atoms with Crippen LogP contribution >= 0.6 is 0 Å². The van der Waals surface area contributed by atoms with Crippen LogP contribution in [0.2, 0.25) is 0 Å². The third-order valence-corrected chi connectivity index (χ3v) is 3.85. The lowest BCUT2D eigenvalue weighted by Gasteiger charge is -2.23. The maximum absolute atomic E-state index is 5.45. The Kier molecular flexibility index (Phi) is 3.01. The van der Waals surface area contributed by atoms with Gasteiger partial charge in [-0.2, -0.15) is 4.98 Å². The summed E-state index contributed by atoms with van der Waals surface area (Å²) in [5.74, 6) is 1.30. The van der Waals surface area contributed by atoms with Gasteiger partial charge in [-0.1, -0.05) is 59.8 Å². The van der Waals surface area contributed by atoms with Crippen LogP contribution in [0, 0.1) is 0 Å². The van der Waals surface area contributed by atoms with E-state index in [2.05, 4.69) is 39.7 Å². The van der Waals surface area contributed by atoms with E-state index in [0.717, 1.165) is 18.5 Å². The highest BCUT2D eigenvalue weighted by Crippen LogP contribution is 2.26. The first-order valence-corrected chi connectivity index (χ1v) is 7.09. The number of nitrogens with zero attached hydrogens (tertiary/aromatic N) is 2. The van der Waals surface area contributed by atoms with Crippen LogP contribution < -0.4 is 5.32 Å². The molecule has 4 nitrogen and oxygen atoms in total. The van der Waals surface area contributed by atoms with Gasteiger partial charge in [-0.3, -0.25) is 0 Å². The number of nitrogens with one attached hydrogen (secondary N) is 1. The Morgan fingerprint density at radius 2 is 1.71 bits per heavy atom. The summed E-state index contributed by atoms with van der Waals surface area (Å²) in [4.78, 5) is 4.54. The summed E-state index contributed by atoms with van der Waals surface area (Å²) < 4.78 is 5.45. The molecule has 0 saturated carbocycles. The molecule has 2 heterocycles. The Morgan fingerprint density at radius 1 is 0.952 bits per heavy atom. The van der Waals surface area contributed by atoms with E-state index in [4.69, 9.17) is 4.52 Å². The van der Waals surface area contributed by atoms with Gasteiger partial charge in [-0.15, -0.1) is 0 Å². The van der Waals surface area contributed by atoms with Crippen LogP contribution in [0.3, 0.4) is 0 Å². The molecule has 1 aliphatic rings. The largest absolute Gasteiger partial charge is 0.337 e. The monoisotopic (exact) mass is 277 g/mol. The van der Waals surface area contributed by atoms with Crippen LogP contribution in [-0.2, 0) is 13.0 Å². The van der Waals surface area contributed by atoms with Crippen LogP contribution in [0.15, 0.2) is 59.1 Å². The standard InChI is InChI=1S/C17H15N3O/c1-2-6-12(7-3-1)16-19-17(21-20-16)15-10-13-8-4-5-9-14(13)11-18-15/h1-9,15,18H,10-11H2/t15-/m1/s1. The van der Waals surface area contributed by atoms with Gasteiger partial charge >= 0.3 is 0 Å². The maximum Gasteiger partial charge on any atom is 0.244 e. The molecule has 2 aromatic carbocycles. The van der Waals surface area contributed by atoms with Gasteiger partial charge < -0.3 is 9.84 Å². The molecule has 0 unspecified atom stereocenters. The molecule has 104 valence electrons. The molecule has 21 heavy (non-hydrogen) atoms. The molecule has 0 spiro atoms. The minimum absolute atomic E-state index is 0.0878. The van der Waals surface area contributed by atoms with E-state index < -0.39 is 0 Å². The lowest BCUT2D eigenvalue weighted by molar-refractivity contribution is 0.321. The fraction of sp³-hybridized carbons (Fsp3) is 0.176. The van der Waals surface area contributed by atoms with Gasteiger partial charge in [0.25, 0.3) is 0 Å². The van der Waals surface area contributed by atoms with Gasteiger partial charge in [0.05, 0.1) is 6.04 Å². The van der Waals surface area contributed by atoms with Gasteiger partial charge in [0.15, 0.2) is 0 Å². The number of benzene rings is 2. The zero-order valence-electron chi connectivity index (χ0n) is 11.5. The highest BCUT2D eigenvalue weighted by atomic mass is 16.5. The second-order valence-corrected chi connectivity index (χ2v) is 5.23. The van der Waals surface area contributed by atoms with E-state index in [9.17, 15) is 0 Å². The van der Waals surface area contributed by atoms with Gasteiger partial charge in [-0.05, 0) is 17.5 Å². The van der Waals surface area contributed by atoms with Crippen LogP contribution in [0.4, 0.5) is 0 Å². The molecular weight excluding hydrogens is 262 g/mol. The molecule has 0 amide bonds. The second-order valence-electron chi connectivity index (χ2n) is 5.23. The van der Waals surface area contributed by atoms with E-state index >= 15 is 0 Å². The van der Waals surface area contributed by atoms with Crippen molar-refractivity contribution in [1.82, 2.24) is 15.5 Å². The van der Waals surface area contributed by atoms with Gasteiger partial charge in [-0.25, -0.2) is 0 Å². The average molecular weight is 277 g/mol. The van der Waals surface area contributed by atoms with Crippen LogP contribution in [0.5, 0.6) is 0 Å². The predicted octanol–water partition coefficient (Wildman–Crippen LogP) is 3.12. The van der Waals surface area contributed by atoms with E-state index in [0.29, 0.717) is 11.7 Å². The van der Waals surface area contributed by atoms with Crippen molar-refractivity contribution in [2.75, 3.05) is 0 Å². The summed E-state index contributed by atoms with van der Waals surface area (Å²) in [6.45, 7) is 0.837. The van der Waals surface area contributed by atoms with Crippen molar-refractivity contribution in [2.24, 2.45) is 0 Å². The Balaban J connectivity index is 1.60. The molecule has 0 radical (unpaired) electrons. The Morgan fingerprint density at radius 3 is 2.57 bits per heavy atom. The first-order chi connectivity index (χ1) is 10.4. The zero-order valence-corrected chi connectivity index (χ0v) is 11.5. The Bertz CT molecular complexity index is 751. The van der Waals surface area contributed by atoms with E-state index in [1.165, 1.54) is 11.1 Å². The fourth-order valence-electron chi connectivity index (χ4n) is 2.71. The zero-order chi connectivity index (χ0) is 14.1. The lowest BCUT2D eigenvalue weighted by Crippen LogP contribution is -2.28. The lowest BCUT2D eigenvalue weighted by atomic mass is 9.96. The normalized spacial score (nSPS) is 17.4. The van der Waals surface area contributed by atoms with E-state index in [1.807, 2.05) is 30.3 Å². The second kappa shape index (κ2) is 5.14.